The SMILES string of the molecule is Cc1cc(NC(=O)/C=C/c2ccccc2)c2cc(Br)ccc2n1. The van der Waals surface area contributed by atoms with Crippen molar-refractivity contribution in [2.24, 2.45) is 0 Å². The summed E-state index contributed by atoms with van der Waals surface area (Å²) in [5.41, 5.74) is 3.47. The fourth-order valence-electron chi connectivity index (χ4n) is 2.34. The lowest BCUT2D eigenvalue weighted by Gasteiger charge is -2.08. The zero-order chi connectivity index (χ0) is 16.2. The molecule has 1 amide bonds. The summed E-state index contributed by atoms with van der Waals surface area (Å²) in [5, 5.41) is 3.85. The molecule has 0 aliphatic rings. The molecule has 1 N–H and O–H groups in total. The number of aromatic nitrogens is 1. The molecule has 114 valence electrons. The van der Waals surface area contributed by atoms with Crippen LogP contribution in [0.25, 0.3) is 17.0 Å². The number of fused-ring (bicyclic) bond motifs is 1. The van der Waals surface area contributed by atoms with E-state index in [2.05, 4.69) is 26.2 Å². The molecular weight excluding hydrogens is 352 g/mol. The molecule has 0 saturated carbocycles. The van der Waals surface area contributed by atoms with Crippen LogP contribution in [0.4, 0.5) is 5.69 Å². The highest BCUT2D eigenvalue weighted by Gasteiger charge is 2.07. The number of carbonyl (C=O) groups is 1. The number of aryl methyl sites for hydroxylation is 1. The fourth-order valence-corrected chi connectivity index (χ4v) is 2.71. The number of carbonyl (C=O) groups excluding carboxylic acids is 1. The van der Waals surface area contributed by atoms with Gasteiger partial charge in [-0.25, -0.2) is 0 Å². The first kappa shape index (κ1) is 15.4. The summed E-state index contributed by atoms with van der Waals surface area (Å²) in [6.07, 6.45) is 3.33. The number of hydrogen-bond acceptors (Lipinski definition) is 2. The van der Waals surface area contributed by atoms with Gasteiger partial charge in [0.1, 0.15) is 0 Å². The molecule has 0 radical (unpaired) electrons. The molecule has 3 rings (SSSR count). The Morgan fingerprint density at radius 1 is 1.13 bits per heavy atom. The molecule has 3 aromatic rings. The highest BCUT2D eigenvalue weighted by atomic mass is 79.9. The number of nitrogens with one attached hydrogen (secondary N) is 1. The molecule has 0 fully saturated rings. The molecule has 0 unspecified atom stereocenters. The number of halogens is 1. The molecule has 23 heavy (non-hydrogen) atoms. The fraction of sp³-hybridized carbons (Fsp3) is 0.0526. The first-order valence-electron chi connectivity index (χ1n) is 7.23. The third kappa shape index (κ3) is 3.85. The molecule has 0 aliphatic heterocycles. The van der Waals surface area contributed by atoms with E-state index in [9.17, 15) is 4.79 Å². The Morgan fingerprint density at radius 2 is 1.91 bits per heavy atom. The summed E-state index contributed by atoms with van der Waals surface area (Å²) in [4.78, 5) is 16.7. The van der Waals surface area contributed by atoms with Crippen LogP contribution in [0.3, 0.4) is 0 Å². The van der Waals surface area contributed by atoms with E-state index in [1.54, 1.807) is 6.08 Å². The van der Waals surface area contributed by atoms with Gasteiger partial charge in [0.2, 0.25) is 5.91 Å². The van der Waals surface area contributed by atoms with E-state index < -0.39 is 0 Å². The molecule has 0 spiro atoms. The maximum atomic E-state index is 12.2. The van der Waals surface area contributed by atoms with Crippen LogP contribution in [0, 0.1) is 6.92 Å². The van der Waals surface area contributed by atoms with E-state index in [0.29, 0.717) is 0 Å². The van der Waals surface area contributed by atoms with E-state index in [0.717, 1.165) is 32.3 Å². The lowest BCUT2D eigenvalue weighted by atomic mass is 10.1. The smallest absolute Gasteiger partial charge is 0.248 e. The topological polar surface area (TPSA) is 42.0 Å². The van der Waals surface area contributed by atoms with Crippen LogP contribution >= 0.6 is 15.9 Å². The van der Waals surface area contributed by atoms with Crippen molar-refractivity contribution >= 4 is 44.5 Å². The molecule has 2 aromatic carbocycles. The van der Waals surface area contributed by atoms with Crippen molar-refractivity contribution in [3.8, 4) is 0 Å². The number of benzene rings is 2. The van der Waals surface area contributed by atoms with Crippen molar-refractivity contribution < 1.29 is 4.79 Å². The number of hydrogen-bond donors (Lipinski definition) is 1. The van der Waals surface area contributed by atoms with Gasteiger partial charge in [-0.2, -0.15) is 0 Å². The summed E-state index contributed by atoms with van der Waals surface area (Å²) in [5.74, 6) is -0.166. The van der Waals surface area contributed by atoms with Crippen LogP contribution in [0.2, 0.25) is 0 Å². The van der Waals surface area contributed by atoms with Gasteiger partial charge in [-0.1, -0.05) is 46.3 Å². The summed E-state index contributed by atoms with van der Waals surface area (Å²) < 4.78 is 0.950. The van der Waals surface area contributed by atoms with Gasteiger partial charge < -0.3 is 5.32 Å². The molecule has 4 heteroatoms. The van der Waals surface area contributed by atoms with E-state index in [1.165, 1.54) is 6.08 Å². The highest BCUT2D eigenvalue weighted by Crippen LogP contribution is 2.26. The Labute approximate surface area is 143 Å². The van der Waals surface area contributed by atoms with Crippen molar-refractivity contribution in [1.29, 1.82) is 0 Å². The summed E-state index contributed by atoms with van der Waals surface area (Å²) in [6, 6.07) is 17.4. The van der Waals surface area contributed by atoms with Crippen LogP contribution < -0.4 is 5.32 Å². The second kappa shape index (κ2) is 6.75. The number of amides is 1. The maximum Gasteiger partial charge on any atom is 0.248 e. The third-order valence-corrected chi connectivity index (χ3v) is 3.88. The van der Waals surface area contributed by atoms with Crippen LogP contribution in [-0.2, 0) is 4.79 Å². The van der Waals surface area contributed by atoms with Crippen molar-refractivity contribution in [1.82, 2.24) is 4.98 Å². The quantitative estimate of drug-likeness (QED) is 0.665. The van der Waals surface area contributed by atoms with Crippen LogP contribution in [0.5, 0.6) is 0 Å². The summed E-state index contributed by atoms with van der Waals surface area (Å²) >= 11 is 3.46. The third-order valence-electron chi connectivity index (χ3n) is 3.38. The zero-order valence-electron chi connectivity index (χ0n) is 12.6. The molecule has 0 atom stereocenters. The average Bonchev–Trinajstić information content (AvgIpc) is 2.54. The van der Waals surface area contributed by atoms with Crippen LogP contribution in [0.1, 0.15) is 11.3 Å². The van der Waals surface area contributed by atoms with Crippen molar-refractivity contribution in [3.63, 3.8) is 0 Å². The van der Waals surface area contributed by atoms with Gasteiger partial charge in [0.15, 0.2) is 0 Å². The van der Waals surface area contributed by atoms with Crippen molar-refractivity contribution in [2.45, 2.75) is 6.92 Å². The van der Waals surface area contributed by atoms with Gasteiger partial charge in [0.05, 0.1) is 11.2 Å². The number of anilines is 1. The second-order valence-electron chi connectivity index (χ2n) is 5.21. The minimum Gasteiger partial charge on any atom is -0.322 e. The Hall–Kier alpha value is -2.46. The summed E-state index contributed by atoms with van der Waals surface area (Å²) in [7, 11) is 0. The molecule has 0 bridgehead atoms. The Balaban J connectivity index is 1.87. The monoisotopic (exact) mass is 366 g/mol. The standard InChI is InChI=1S/C19H15BrN2O/c1-13-11-18(16-12-15(20)8-9-17(16)21-13)22-19(23)10-7-14-5-3-2-4-6-14/h2-12H,1H3,(H,21,22,23)/b10-7+. The van der Waals surface area contributed by atoms with Gasteiger partial charge in [-0.05, 0) is 42.8 Å². The van der Waals surface area contributed by atoms with E-state index in [1.807, 2.05) is 61.5 Å². The van der Waals surface area contributed by atoms with Gasteiger partial charge >= 0.3 is 0 Å². The first-order chi connectivity index (χ1) is 11.1. The molecule has 1 heterocycles. The lowest BCUT2D eigenvalue weighted by molar-refractivity contribution is -0.111. The van der Waals surface area contributed by atoms with Crippen molar-refractivity contribution in [2.75, 3.05) is 5.32 Å². The molecule has 3 nitrogen and oxygen atoms in total. The average molecular weight is 367 g/mol. The Bertz CT molecular complexity index is 889. The predicted octanol–water partition coefficient (Wildman–Crippen LogP) is 4.96. The summed E-state index contributed by atoms with van der Waals surface area (Å²) in [6.45, 7) is 1.91. The minimum absolute atomic E-state index is 0.166. The highest BCUT2D eigenvalue weighted by molar-refractivity contribution is 9.10. The lowest BCUT2D eigenvalue weighted by Crippen LogP contribution is -2.08. The maximum absolute atomic E-state index is 12.2. The Morgan fingerprint density at radius 3 is 2.70 bits per heavy atom. The predicted molar refractivity (Wildman–Crippen MR) is 98.3 cm³/mol. The molecule has 0 aliphatic carbocycles. The van der Waals surface area contributed by atoms with Gasteiger partial charge in [0, 0.05) is 21.6 Å². The van der Waals surface area contributed by atoms with Gasteiger partial charge in [0.25, 0.3) is 0 Å². The second-order valence-corrected chi connectivity index (χ2v) is 6.12. The minimum atomic E-state index is -0.166. The largest absolute Gasteiger partial charge is 0.322 e. The molecule has 1 aromatic heterocycles. The van der Waals surface area contributed by atoms with Gasteiger partial charge in [-0.3, -0.25) is 9.78 Å². The normalized spacial score (nSPS) is 11.0. The molecular formula is C19H15BrN2O. The number of pyridine rings is 1. The number of nitrogens with zero attached hydrogens (tertiary/aromatic N) is 1. The first-order valence-corrected chi connectivity index (χ1v) is 8.02. The van der Waals surface area contributed by atoms with Crippen LogP contribution in [-0.4, -0.2) is 10.9 Å². The Kier molecular flexibility index (Phi) is 4.53. The van der Waals surface area contributed by atoms with Crippen LogP contribution in [0.15, 0.2) is 65.1 Å². The van der Waals surface area contributed by atoms with Gasteiger partial charge in [-0.15, -0.1) is 0 Å². The molecule has 0 saturated heterocycles. The van der Waals surface area contributed by atoms with E-state index >= 15 is 0 Å². The van der Waals surface area contributed by atoms with Crippen molar-refractivity contribution in [3.05, 3.63) is 76.4 Å². The zero-order valence-corrected chi connectivity index (χ0v) is 14.2. The van der Waals surface area contributed by atoms with E-state index in [4.69, 9.17) is 0 Å². The number of rotatable bonds is 3. The van der Waals surface area contributed by atoms with E-state index in [-0.39, 0.29) is 5.91 Å².